The highest BCUT2D eigenvalue weighted by Crippen LogP contribution is 2.34. The van der Waals surface area contributed by atoms with Gasteiger partial charge in [0.05, 0.1) is 10.4 Å². The Morgan fingerprint density at radius 3 is 2.72 bits per heavy atom. The van der Waals surface area contributed by atoms with Gasteiger partial charge in [-0.1, -0.05) is 30.1 Å². The number of hydrogen-bond acceptors (Lipinski definition) is 6. The lowest BCUT2D eigenvalue weighted by Crippen LogP contribution is -2.34. The summed E-state index contributed by atoms with van der Waals surface area (Å²) in [6.07, 6.45) is 4.16. The van der Waals surface area contributed by atoms with E-state index in [0.717, 1.165) is 31.2 Å². The highest BCUT2D eigenvalue weighted by molar-refractivity contribution is 7.89. The van der Waals surface area contributed by atoms with E-state index in [4.69, 9.17) is 10.3 Å². The number of aromatic nitrogens is 2. The molecule has 3 rings (SSSR count). The molecule has 0 saturated heterocycles. The molecule has 1 aliphatic rings. The number of hydrogen-bond donors (Lipinski definition) is 2. The minimum Gasteiger partial charge on any atom is -0.339 e. The van der Waals surface area contributed by atoms with Gasteiger partial charge in [0.1, 0.15) is 0 Å². The summed E-state index contributed by atoms with van der Waals surface area (Å²) in [5, 5.41) is 3.98. The SMILES string of the molecule is Cc1ccc(C)c(S(=O)(=O)NCCc2nc(C3(N)CCCC3)no2)c1. The van der Waals surface area contributed by atoms with Gasteiger partial charge in [-0.3, -0.25) is 0 Å². The van der Waals surface area contributed by atoms with E-state index in [0.29, 0.717) is 28.6 Å². The number of nitrogens with one attached hydrogen (secondary N) is 1. The molecule has 0 aliphatic heterocycles. The second kappa shape index (κ2) is 6.86. The maximum Gasteiger partial charge on any atom is 0.240 e. The van der Waals surface area contributed by atoms with Crippen LogP contribution in [0.3, 0.4) is 0 Å². The lowest BCUT2D eigenvalue weighted by Gasteiger charge is -2.17. The molecule has 0 radical (unpaired) electrons. The Kier molecular flexibility index (Phi) is 4.95. The van der Waals surface area contributed by atoms with Crippen LogP contribution in [0.15, 0.2) is 27.6 Å². The first kappa shape index (κ1) is 18.0. The summed E-state index contributed by atoms with van der Waals surface area (Å²) in [4.78, 5) is 4.65. The molecule has 1 heterocycles. The third-order valence-corrected chi connectivity index (χ3v) is 6.28. The fraction of sp³-hybridized carbons (Fsp3) is 0.529. The fourth-order valence-corrected chi connectivity index (χ4v) is 4.51. The zero-order valence-corrected chi connectivity index (χ0v) is 15.4. The lowest BCUT2D eigenvalue weighted by atomic mass is 9.99. The highest BCUT2D eigenvalue weighted by Gasteiger charge is 2.35. The minimum absolute atomic E-state index is 0.189. The first-order valence-electron chi connectivity index (χ1n) is 8.49. The zero-order valence-electron chi connectivity index (χ0n) is 14.6. The van der Waals surface area contributed by atoms with Gasteiger partial charge >= 0.3 is 0 Å². The highest BCUT2D eigenvalue weighted by atomic mass is 32.2. The number of rotatable bonds is 6. The molecule has 1 aliphatic carbocycles. The molecule has 0 spiro atoms. The predicted molar refractivity (Wildman–Crippen MR) is 93.4 cm³/mol. The van der Waals surface area contributed by atoms with Crippen LogP contribution in [0.4, 0.5) is 0 Å². The maximum atomic E-state index is 12.5. The van der Waals surface area contributed by atoms with Crippen LogP contribution < -0.4 is 10.5 Å². The summed E-state index contributed by atoms with van der Waals surface area (Å²) >= 11 is 0. The van der Waals surface area contributed by atoms with E-state index in [9.17, 15) is 8.42 Å². The maximum absolute atomic E-state index is 12.5. The van der Waals surface area contributed by atoms with E-state index >= 15 is 0 Å². The van der Waals surface area contributed by atoms with Crippen LogP contribution in [0.5, 0.6) is 0 Å². The number of benzene rings is 1. The van der Waals surface area contributed by atoms with E-state index in [1.165, 1.54) is 0 Å². The van der Waals surface area contributed by atoms with Gasteiger partial charge in [-0.15, -0.1) is 0 Å². The van der Waals surface area contributed by atoms with Crippen molar-refractivity contribution in [3.63, 3.8) is 0 Å². The van der Waals surface area contributed by atoms with Crippen LogP contribution >= 0.6 is 0 Å². The topological polar surface area (TPSA) is 111 Å². The predicted octanol–water partition coefficient (Wildman–Crippen LogP) is 1.94. The van der Waals surface area contributed by atoms with Gasteiger partial charge in [0.15, 0.2) is 5.82 Å². The Morgan fingerprint density at radius 1 is 1.28 bits per heavy atom. The van der Waals surface area contributed by atoms with Crippen molar-refractivity contribution in [3.05, 3.63) is 41.0 Å². The molecule has 0 unspecified atom stereocenters. The summed E-state index contributed by atoms with van der Waals surface area (Å²) in [6, 6.07) is 5.36. The Labute approximate surface area is 148 Å². The average molecular weight is 364 g/mol. The van der Waals surface area contributed by atoms with E-state index in [1.54, 1.807) is 19.1 Å². The number of aryl methyl sites for hydroxylation is 2. The van der Waals surface area contributed by atoms with Gasteiger partial charge in [-0.05, 0) is 43.9 Å². The summed E-state index contributed by atoms with van der Waals surface area (Å²) < 4.78 is 32.7. The van der Waals surface area contributed by atoms with Crippen molar-refractivity contribution in [2.45, 2.75) is 56.4 Å². The largest absolute Gasteiger partial charge is 0.339 e. The standard InChI is InChI=1S/C17H24N4O3S/c1-12-5-6-13(2)14(11-12)25(22,23)19-10-7-15-20-16(21-24-15)17(18)8-3-4-9-17/h5-6,11,19H,3-4,7-10,18H2,1-2H3. The van der Waals surface area contributed by atoms with Gasteiger partial charge in [0.25, 0.3) is 0 Å². The van der Waals surface area contributed by atoms with Crippen molar-refractivity contribution < 1.29 is 12.9 Å². The van der Waals surface area contributed by atoms with Crippen molar-refractivity contribution >= 4 is 10.0 Å². The Hall–Kier alpha value is -1.77. The molecule has 1 saturated carbocycles. The van der Waals surface area contributed by atoms with Crippen LogP contribution in [0.25, 0.3) is 0 Å². The minimum atomic E-state index is -3.57. The second-order valence-corrected chi connectivity index (χ2v) is 8.53. The molecule has 1 aromatic carbocycles. The Morgan fingerprint density at radius 2 is 2.00 bits per heavy atom. The molecule has 0 atom stereocenters. The molecule has 0 amide bonds. The molecular weight excluding hydrogens is 340 g/mol. The van der Waals surface area contributed by atoms with Gasteiger partial charge in [0, 0.05) is 13.0 Å². The monoisotopic (exact) mass is 364 g/mol. The molecule has 7 nitrogen and oxygen atoms in total. The summed E-state index contributed by atoms with van der Waals surface area (Å²) in [7, 11) is -3.57. The molecular formula is C17H24N4O3S. The third-order valence-electron chi connectivity index (χ3n) is 4.67. The molecule has 3 N–H and O–H groups in total. The van der Waals surface area contributed by atoms with Crippen LogP contribution in [0.2, 0.25) is 0 Å². The van der Waals surface area contributed by atoms with Gasteiger partial charge in [-0.2, -0.15) is 4.98 Å². The van der Waals surface area contributed by atoms with Crippen molar-refractivity contribution in [1.82, 2.24) is 14.9 Å². The van der Waals surface area contributed by atoms with Crippen molar-refractivity contribution in [2.75, 3.05) is 6.54 Å². The average Bonchev–Trinajstić information content (AvgIpc) is 3.19. The van der Waals surface area contributed by atoms with E-state index in [-0.39, 0.29) is 6.54 Å². The lowest BCUT2D eigenvalue weighted by molar-refractivity contribution is 0.348. The molecule has 2 aromatic rings. The smallest absolute Gasteiger partial charge is 0.240 e. The van der Waals surface area contributed by atoms with Crippen molar-refractivity contribution in [1.29, 1.82) is 0 Å². The van der Waals surface area contributed by atoms with Crippen LogP contribution in [0.1, 0.15) is 48.5 Å². The van der Waals surface area contributed by atoms with Gasteiger partial charge in [0.2, 0.25) is 15.9 Å². The van der Waals surface area contributed by atoms with Crippen molar-refractivity contribution in [3.8, 4) is 0 Å². The van der Waals surface area contributed by atoms with Crippen LogP contribution in [-0.4, -0.2) is 25.1 Å². The molecule has 1 aromatic heterocycles. The zero-order chi connectivity index (χ0) is 18.1. The first-order chi connectivity index (χ1) is 11.8. The van der Waals surface area contributed by atoms with E-state index in [1.807, 2.05) is 13.0 Å². The molecule has 1 fully saturated rings. The fourth-order valence-electron chi connectivity index (χ4n) is 3.16. The summed E-state index contributed by atoms with van der Waals surface area (Å²) in [5.74, 6) is 0.924. The van der Waals surface area contributed by atoms with Gasteiger partial charge < -0.3 is 10.3 Å². The van der Waals surface area contributed by atoms with E-state index < -0.39 is 15.6 Å². The van der Waals surface area contributed by atoms with Crippen molar-refractivity contribution in [2.24, 2.45) is 5.73 Å². The Balaban J connectivity index is 1.63. The van der Waals surface area contributed by atoms with Crippen LogP contribution in [-0.2, 0) is 22.0 Å². The molecule has 0 bridgehead atoms. The van der Waals surface area contributed by atoms with E-state index in [2.05, 4.69) is 14.9 Å². The normalized spacial score (nSPS) is 17.1. The molecule has 8 heteroatoms. The Bertz CT molecular complexity index is 855. The first-order valence-corrected chi connectivity index (χ1v) is 9.97. The quantitative estimate of drug-likeness (QED) is 0.810. The number of sulfonamides is 1. The molecule has 136 valence electrons. The second-order valence-electron chi connectivity index (χ2n) is 6.79. The molecule has 25 heavy (non-hydrogen) atoms. The third kappa shape index (κ3) is 3.91. The van der Waals surface area contributed by atoms with Crippen LogP contribution in [0, 0.1) is 13.8 Å². The van der Waals surface area contributed by atoms with Gasteiger partial charge in [-0.25, -0.2) is 13.1 Å². The number of nitrogens with zero attached hydrogens (tertiary/aromatic N) is 2. The number of nitrogens with two attached hydrogens (primary N) is 1. The summed E-state index contributed by atoms with van der Waals surface area (Å²) in [5.41, 5.74) is 7.41. The summed E-state index contributed by atoms with van der Waals surface area (Å²) in [6.45, 7) is 3.83.